The molecule has 0 aliphatic heterocycles. The van der Waals surface area contributed by atoms with Crippen LogP contribution in [0.4, 0.5) is 5.69 Å². The fourth-order valence-corrected chi connectivity index (χ4v) is 1.64. The molecule has 2 rings (SSSR count). The molecule has 0 fully saturated rings. The van der Waals surface area contributed by atoms with E-state index in [0.717, 1.165) is 11.3 Å². The van der Waals surface area contributed by atoms with Gasteiger partial charge >= 0.3 is 0 Å². The number of aryl methyl sites for hydroxylation is 2. The van der Waals surface area contributed by atoms with Crippen molar-refractivity contribution in [3.63, 3.8) is 0 Å². The Balaban J connectivity index is 2.03. The number of rotatable bonds is 3. The van der Waals surface area contributed by atoms with E-state index in [2.05, 4.69) is 15.0 Å². The number of hydrogen-bond acceptors (Lipinski definition) is 3. The van der Waals surface area contributed by atoms with Gasteiger partial charge in [-0.15, -0.1) is 0 Å². The van der Waals surface area contributed by atoms with Gasteiger partial charge in [0.15, 0.2) is 0 Å². The molecule has 2 aromatic rings. The van der Waals surface area contributed by atoms with E-state index in [0.29, 0.717) is 5.69 Å². The molecule has 0 saturated carbocycles. The highest BCUT2D eigenvalue weighted by Gasteiger charge is 2.07. The van der Waals surface area contributed by atoms with Crippen LogP contribution < -0.4 is 5.32 Å². The second-order valence-corrected chi connectivity index (χ2v) is 4.03. The predicted octanol–water partition coefficient (Wildman–Crippen LogP) is 2.47. The van der Waals surface area contributed by atoms with E-state index >= 15 is 0 Å². The summed E-state index contributed by atoms with van der Waals surface area (Å²) in [6.07, 6.45) is 1.68. The number of amides is 1. The molecule has 1 aromatic heterocycles. The van der Waals surface area contributed by atoms with E-state index in [1.165, 1.54) is 11.8 Å². The van der Waals surface area contributed by atoms with Crippen LogP contribution in [0.3, 0.4) is 0 Å². The van der Waals surface area contributed by atoms with Crippen LogP contribution in [0.2, 0.25) is 0 Å². The highest BCUT2D eigenvalue weighted by molar-refractivity contribution is 5.92. The molecule has 0 spiro atoms. The smallest absolute Gasteiger partial charge is 0.230 e. The Morgan fingerprint density at radius 3 is 2.82 bits per heavy atom. The fraction of sp³-hybridized carbons (Fsp3) is 0.231. The third kappa shape index (κ3) is 2.93. The highest BCUT2D eigenvalue weighted by Crippen LogP contribution is 2.16. The predicted molar refractivity (Wildman–Crippen MR) is 64.8 cm³/mol. The maximum Gasteiger partial charge on any atom is 0.230 e. The summed E-state index contributed by atoms with van der Waals surface area (Å²) in [5.74, 6) is -0.0918. The van der Waals surface area contributed by atoms with Gasteiger partial charge in [-0.05, 0) is 25.5 Å². The first-order valence-corrected chi connectivity index (χ1v) is 5.41. The molecule has 0 aliphatic rings. The average molecular weight is 230 g/mol. The van der Waals surface area contributed by atoms with Crippen molar-refractivity contribution in [2.45, 2.75) is 20.3 Å². The maximum atomic E-state index is 11.7. The van der Waals surface area contributed by atoms with Crippen molar-refractivity contribution in [3.05, 3.63) is 47.3 Å². The van der Waals surface area contributed by atoms with Gasteiger partial charge in [0, 0.05) is 11.8 Å². The number of carbonyl (C=O) groups excluding carboxylic acids is 1. The molecule has 1 amide bonds. The van der Waals surface area contributed by atoms with Gasteiger partial charge in [0.05, 0.1) is 12.1 Å². The van der Waals surface area contributed by atoms with E-state index in [-0.39, 0.29) is 12.3 Å². The van der Waals surface area contributed by atoms with E-state index in [4.69, 9.17) is 0 Å². The van der Waals surface area contributed by atoms with Gasteiger partial charge in [-0.1, -0.05) is 22.9 Å². The quantitative estimate of drug-likeness (QED) is 0.881. The van der Waals surface area contributed by atoms with Crippen LogP contribution in [0.15, 0.2) is 35.1 Å². The Morgan fingerprint density at radius 2 is 2.18 bits per heavy atom. The lowest BCUT2D eigenvalue weighted by atomic mass is 10.1. The van der Waals surface area contributed by atoms with Crippen LogP contribution >= 0.6 is 0 Å². The van der Waals surface area contributed by atoms with Gasteiger partial charge in [0.2, 0.25) is 5.91 Å². The third-order valence-corrected chi connectivity index (χ3v) is 2.49. The SMILES string of the molecule is Cc1ccc(NC(=O)Cc2ccon2)c(C)c1. The molecule has 0 atom stereocenters. The fourth-order valence-electron chi connectivity index (χ4n) is 1.64. The molecule has 17 heavy (non-hydrogen) atoms. The van der Waals surface area contributed by atoms with Crippen LogP contribution in [-0.2, 0) is 11.2 Å². The monoisotopic (exact) mass is 230 g/mol. The number of carbonyl (C=O) groups is 1. The van der Waals surface area contributed by atoms with Crippen LogP contribution in [-0.4, -0.2) is 11.1 Å². The molecule has 0 saturated heterocycles. The van der Waals surface area contributed by atoms with E-state index in [9.17, 15) is 4.79 Å². The van der Waals surface area contributed by atoms with Crippen LogP contribution in [0.1, 0.15) is 16.8 Å². The Bertz CT molecular complexity index is 518. The lowest BCUT2D eigenvalue weighted by Gasteiger charge is -2.08. The lowest BCUT2D eigenvalue weighted by molar-refractivity contribution is -0.115. The van der Waals surface area contributed by atoms with Crippen molar-refractivity contribution in [1.29, 1.82) is 0 Å². The first kappa shape index (κ1) is 11.4. The summed E-state index contributed by atoms with van der Waals surface area (Å²) in [5.41, 5.74) is 3.70. The molecule has 1 heterocycles. The third-order valence-electron chi connectivity index (χ3n) is 2.49. The molecule has 1 N–H and O–H groups in total. The van der Waals surface area contributed by atoms with Gasteiger partial charge in [-0.25, -0.2) is 0 Å². The molecule has 0 bridgehead atoms. The number of nitrogens with one attached hydrogen (secondary N) is 1. The molecular weight excluding hydrogens is 216 g/mol. The Labute approximate surface area is 99.6 Å². The van der Waals surface area contributed by atoms with Crippen molar-refractivity contribution >= 4 is 11.6 Å². The number of anilines is 1. The molecule has 4 heteroatoms. The number of nitrogens with zero attached hydrogens (tertiary/aromatic N) is 1. The lowest BCUT2D eigenvalue weighted by Crippen LogP contribution is -2.15. The van der Waals surface area contributed by atoms with Crippen molar-refractivity contribution in [1.82, 2.24) is 5.16 Å². The normalized spacial score (nSPS) is 10.2. The minimum Gasteiger partial charge on any atom is -0.364 e. The van der Waals surface area contributed by atoms with Crippen molar-refractivity contribution < 1.29 is 9.32 Å². The summed E-state index contributed by atoms with van der Waals surface area (Å²) < 4.78 is 4.68. The van der Waals surface area contributed by atoms with Crippen molar-refractivity contribution in [2.24, 2.45) is 0 Å². The first-order chi connectivity index (χ1) is 8.15. The van der Waals surface area contributed by atoms with Gasteiger partial charge in [0.25, 0.3) is 0 Å². The molecular formula is C13H14N2O2. The molecule has 1 aromatic carbocycles. The van der Waals surface area contributed by atoms with Gasteiger partial charge < -0.3 is 9.84 Å². The van der Waals surface area contributed by atoms with E-state index in [1.807, 2.05) is 32.0 Å². The number of aromatic nitrogens is 1. The summed E-state index contributed by atoms with van der Waals surface area (Å²) >= 11 is 0. The zero-order valence-corrected chi connectivity index (χ0v) is 9.86. The topological polar surface area (TPSA) is 55.1 Å². The molecule has 0 aliphatic carbocycles. The number of benzene rings is 1. The van der Waals surface area contributed by atoms with E-state index in [1.54, 1.807) is 6.07 Å². The van der Waals surface area contributed by atoms with Crippen LogP contribution in [0, 0.1) is 13.8 Å². The average Bonchev–Trinajstić information content (AvgIpc) is 2.75. The minimum absolute atomic E-state index is 0.0918. The van der Waals surface area contributed by atoms with Gasteiger partial charge in [-0.2, -0.15) is 0 Å². The summed E-state index contributed by atoms with van der Waals surface area (Å²) in [6, 6.07) is 7.59. The first-order valence-electron chi connectivity index (χ1n) is 5.41. The largest absolute Gasteiger partial charge is 0.364 e. The molecule has 88 valence electrons. The maximum absolute atomic E-state index is 11.7. The Morgan fingerprint density at radius 1 is 1.35 bits per heavy atom. The second kappa shape index (κ2) is 4.82. The molecule has 0 radical (unpaired) electrons. The van der Waals surface area contributed by atoms with Gasteiger partial charge in [-0.3, -0.25) is 4.79 Å². The van der Waals surface area contributed by atoms with Crippen LogP contribution in [0.5, 0.6) is 0 Å². The minimum atomic E-state index is -0.0918. The summed E-state index contributed by atoms with van der Waals surface area (Å²) in [4.78, 5) is 11.7. The van der Waals surface area contributed by atoms with Crippen molar-refractivity contribution in [3.8, 4) is 0 Å². The van der Waals surface area contributed by atoms with E-state index < -0.39 is 0 Å². The summed E-state index contributed by atoms with van der Waals surface area (Å²) in [5, 5.41) is 6.55. The zero-order valence-electron chi connectivity index (χ0n) is 9.86. The summed E-state index contributed by atoms with van der Waals surface area (Å²) in [6.45, 7) is 3.99. The molecule has 4 nitrogen and oxygen atoms in total. The van der Waals surface area contributed by atoms with Crippen LogP contribution in [0.25, 0.3) is 0 Å². The van der Waals surface area contributed by atoms with Crippen molar-refractivity contribution in [2.75, 3.05) is 5.32 Å². The number of hydrogen-bond donors (Lipinski definition) is 1. The highest BCUT2D eigenvalue weighted by atomic mass is 16.5. The Hall–Kier alpha value is -2.10. The Kier molecular flexibility index (Phi) is 3.23. The standard InChI is InChI=1S/C13H14N2O2/c1-9-3-4-12(10(2)7-9)14-13(16)8-11-5-6-17-15-11/h3-7H,8H2,1-2H3,(H,14,16). The van der Waals surface area contributed by atoms with Gasteiger partial charge in [0.1, 0.15) is 6.26 Å². The second-order valence-electron chi connectivity index (χ2n) is 4.03. The zero-order chi connectivity index (χ0) is 12.3. The molecule has 0 unspecified atom stereocenters. The summed E-state index contributed by atoms with van der Waals surface area (Å²) in [7, 11) is 0.